The zero-order chi connectivity index (χ0) is 23.8. The molecule has 0 bridgehead atoms. The normalized spacial score (nSPS) is 14.4. The van der Waals surface area contributed by atoms with E-state index in [2.05, 4.69) is 5.16 Å². The number of halogens is 3. The van der Waals surface area contributed by atoms with Gasteiger partial charge >= 0.3 is 6.18 Å². The summed E-state index contributed by atoms with van der Waals surface area (Å²) < 4.78 is 44.2. The molecule has 1 amide bonds. The van der Waals surface area contributed by atoms with Crippen LogP contribution < -0.4 is 4.90 Å². The van der Waals surface area contributed by atoms with Gasteiger partial charge in [-0.2, -0.15) is 13.2 Å². The molecule has 0 N–H and O–H groups in total. The highest BCUT2D eigenvalue weighted by atomic mass is 19.4. The molecule has 8 nitrogen and oxygen atoms in total. The van der Waals surface area contributed by atoms with Crippen molar-refractivity contribution in [2.75, 3.05) is 31.1 Å². The smallest absolute Gasteiger partial charge is 0.362 e. The molecule has 1 aliphatic heterocycles. The predicted molar refractivity (Wildman–Crippen MR) is 113 cm³/mol. The van der Waals surface area contributed by atoms with E-state index in [1.807, 2.05) is 30.3 Å². The summed E-state index contributed by atoms with van der Waals surface area (Å²) in [4.78, 5) is 27.0. The molecule has 11 heteroatoms. The molecular weight excluding hydrogens is 441 g/mol. The molecule has 1 aliphatic rings. The number of benzene rings is 2. The number of piperazine rings is 1. The molecule has 4 rings (SSSR count). The molecule has 2 aromatic carbocycles. The SMILES string of the molecule is Cc1onc(-c2ccccc2)c1C(=O)N1CCN(c2ccc(C(F)(F)F)cc2[N+](=O)[O-])CC1. The monoisotopic (exact) mass is 460 g/mol. The zero-order valence-corrected chi connectivity index (χ0v) is 17.5. The highest BCUT2D eigenvalue weighted by Crippen LogP contribution is 2.37. The lowest BCUT2D eigenvalue weighted by Gasteiger charge is -2.35. The van der Waals surface area contributed by atoms with Gasteiger partial charge in [0.1, 0.15) is 22.7 Å². The number of aromatic nitrogens is 1. The standard InChI is InChI=1S/C22H19F3N4O4/c1-14-19(20(26-33-14)15-5-3-2-4-6-15)21(30)28-11-9-27(10-12-28)17-8-7-16(22(23,24)25)13-18(17)29(31)32/h2-8,13H,9-12H2,1H3. The first-order valence-electron chi connectivity index (χ1n) is 10.1. The van der Waals surface area contributed by atoms with Crippen molar-refractivity contribution >= 4 is 17.3 Å². The number of hydrogen-bond donors (Lipinski definition) is 0. The number of nitrogens with zero attached hydrogens (tertiary/aromatic N) is 4. The van der Waals surface area contributed by atoms with E-state index in [1.165, 1.54) is 0 Å². The van der Waals surface area contributed by atoms with Gasteiger partial charge in [-0.3, -0.25) is 14.9 Å². The van der Waals surface area contributed by atoms with Crippen molar-refractivity contribution < 1.29 is 27.4 Å². The third kappa shape index (κ3) is 4.38. The summed E-state index contributed by atoms with van der Waals surface area (Å²) in [6.07, 6.45) is -4.68. The summed E-state index contributed by atoms with van der Waals surface area (Å²) in [6.45, 7) is 2.56. The molecule has 0 saturated carbocycles. The number of carbonyl (C=O) groups is 1. The highest BCUT2D eigenvalue weighted by Gasteiger charge is 2.35. The lowest BCUT2D eigenvalue weighted by molar-refractivity contribution is -0.384. The van der Waals surface area contributed by atoms with E-state index in [9.17, 15) is 28.1 Å². The molecule has 172 valence electrons. The zero-order valence-electron chi connectivity index (χ0n) is 17.5. The summed E-state index contributed by atoms with van der Waals surface area (Å²) in [5, 5.41) is 15.4. The quantitative estimate of drug-likeness (QED) is 0.419. The Morgan fingerprint density at radius 2 is 1.76 bits per heavy atom. The Kier molecular flexibility index (Phi) is 5.79. The predicted octanol–water partition coefficient (Wildman–Crippen LogP) is 4.54. The Bertz CT molecular complexity index is 1190. The van der Waals surface area contributed by atoms with Crippen LogP contribution in [-0.4, -0.2) is 47.1 Å². The van der Waals surface area contributed by atoms with Gasteiger partial charge in [0.2, 0.25) is 0 Å². The number of anilines is 1. The number of aryl methyl sites for hydroxylation is 1. The van der Waals surface area contributed by atoms with Gasteiger partial charge in [-0.25, -0.2) is 0 Å². The number of alkyl halides is 3. The highest BCUT2D eigenvalue weighted by molar-refractivity contribution is 6.01. The van der Waals surface area contributed by atoms with Gasteiger partial charge in [0.05, 0.1) is 10.5 Å². The van der Waals surface area contributed by atoms with Gasteiger partial charge in [-0.15, -0.1) is 0 Å². The molecule has 0 aliphatic carbocycles. The Morgan fingerprint density at radius 1 is 1.09 bits per heavy atom. The second kappa shape index (κ2) is 8.57. The fraction of sp³-hybridized carbons (Fsp3) is 0.273. The van der Waals surface area contributed by atoms with Crippen LogP contribution in [0.4, 0.5) is 24.5 Å². The Balaban J connectivity index is 1.53. The van der Waals surface area contributed by atoms with E-state index in [1.54, 1.807) is 16.7 Å². The molecule has 0 unspecified atom stereocenters. The largest absolute Gasteiger partial charge is 0.416 e. The van der Waals surface area contributed by atoms with Gasteiger partial charge in [0.25, 0.3) is 11.6 Å². The van der Waals surface area contributed by atoms with Gasteiger partial charge in [-0.1, -0.05) is 35.5 Å². The number of nitro benzene ring substituents is 1. The van der Waals surface area contributed by atoms with Crippen molar-refractivity contribution in [2.45, 2.75) is 13.1 Å². The second-order valence-electron chi connectivity index (χ2n) is 7.57. The fourth-order valence-corrected chi connectivity index (χ4v) is 3.84. The summed E-state index contributed by atoms with van der Waals surface area (Å²) in [6, 6.07) is 11.6. The lowest BCUT2D eigenvalue weighted by Crippen LogP contribution is -2.49. The number of carbonyl (C=O) groups excluding carboxylic acids is 1. The van der Waals surface area contributed by atoms with Crippen LogP contribution in [0.3, 0.4) is 0 Å². The average Bonchev–Trinajstić information content (AvgIpc) is 3.19. The maximum Gasteiger partial charge on any atom is 0.416 e. The van der Waals surface area contributed by atoms with Crippen LogP contribution >= 0.6 is 0 Å². The third-order valence-corrected chi connectivity index (χ3v) is 5.53. The molecule has 0 radical (unpaired) electrons. The number of hydrogen-bond acceptors (Lipinski definition) is 6. The summed E-state index contributed by atoms with van der Waals surface area (Å²) >= 11 is 0. The lowest BCUT2D eigenvalue weighted by atomic mass is 10.0. The van der Waals surface area contributed by atoms with Crippen LogP contribution in [0.15, 0.2) is 53.1 Å². The Hall–Kier alpha value is -3.89. The summed E-state index contributed by atoms with van der Waals surface area (Å²) in [7, 11) is 0. The molecule has 0 atom stereocenters. The van der Waals surface area contributed by atoms with Crippen molar-refractivity contribution in [1.82, 2.24) is 10.1 Å². The van der Waals surface area contributed by atoms with Gasteiger partial charge in [-0.05, 0) is 19.1 Å². The van der Waals surface area contributed by atoms with E-state index in [0.29, 0.717) is 23.1 Å². The van der Waals surface area contributed by atoms with Crippen LogP contribution in [0, 0.1) is 17.0 Å². The molecule has 1 aromatic heterocycles. The van der Waals surface area contributed by atoms with E-state index < -0.39 is 22.4 Å². The Labute approximate surface area is 186 Å². The minimum Gasteiger partial charge on any atom is -0.362 e. The number of rotatable bonds is 4. The summed E-state index contributed by atoms with van der Waals surface area (Å²) in [5.74, 6) is 0.0915. The maximum absolute atomic E-state index is 13.2. The van der Waals surface area contributed by atoms with Crippen molar-refractivity contribution in [3.8, 4) is 11.3 Å². The molecule has 1 saturated heterocycles. The van der Waals surface area contributed by atoms with Crippen molar-refractivity contribution in [3.63, 3.8) is 0 Å². The summed E-state index contributed by atoms with van der Waals surface area (Å²) in [5.41, 5.74) is -0.106. The molecule has 0 spiro atoms. The van der Waals surface area contributed by atoms with Crippen LogP contribution in [0.1, 0.15) is 21.7 Å². The van der Waals surface area contributed by atoms with Crippen LogP contribution in [0.25, 0.3) is 11.3 Å². The first kappa shape index (κ1) is 22.3. The minimum absolute atomic E-state index is 0.0891. The van der Waals surface area contributed by atoms with Crippen molar-refractivity contribution in [1.29, 1.82) is 0 Å². The molecular formula is C22H19F3N4O4. The van der Waals surface area contributed by atoms with E-state index in [-0.39, 0.29) is 37.8 Å². The van der Waals surface area contributed by atoms with Crippen LogP contribution in [0.2, 0.25) is 0 Å². The van der Waals surface area contributed by atoms with E-state index >= 15 is 0 Å². The maximum atomic E-state index is 13.2. The van der Waals surface area contributed by atoms with Gasteiger partial charge in [0.15, 0.2) is 0 Å². The second-order valence-corrected chi connectivity index (χ2v) is 7.57. The minimum atomic E-state index is -4.68. The van der Waals surface area contributed by atoms with E-state index in [4.69, 9.17) is 4.52 Å². The molecule has 3 aromatic rings. The fourth-order valence-electron chi connectivity index (χ4n) is 3.84. The van der Waals surface area contributed by atoms with Gasteiger partial charge in [0, 0.05) is 37.8 Å². The van der Waals surface area contributed by atoms with Crippen molar-refractivity contribution in [2.24, 2.45) is 0 Å². The topological polar surface area (TPSA) is 92.7 Å². The average molecular weight is 460 g/mol. The number of nitro groups is 1. The molecule has 2 heterocycles. The van der Waals surface area contributed by atoms with Gasteiger partial charge < -0.3 is 14.3 Å². The molecule has 1 fully saturated rings. The van der Waals surface area contributed by atoms with Crippen LogP contribution in [-0.2, 0) is 6.18 Å². The Morgan fingerprint density at radius 3 is 2.36 bits per heavy atom. The van der Waals surface area contributed by atoms with Crippen LogP contribution in [0.5, 0.6) is 0 Å². The first-order chi connectivity index (χ1) is 15.7. The number of amides is 1. The van der Waals surface area contributed by atoms with E-state index in [0.717, 1.165) is 17.7 Å². The molecule has 33 heavy (non-hydrogen) atoms. The van der Waals surface area contributed by atoms with Crippen molar-refractivity contribution in [3.05, 3.63) is 75.5 Å². The first-order valence-corrected chi connectivity index (χ1v) is 10.1. The third-order valence-electron chi connectivity index (χ3n) is 5.53.